The molecule has 2 atom stereocenters. The molecule has 0 aromatic heterocycles. The molecule has 2 aromatic carbocycles. The van der Waals surface area contributed by atoms with Crippen LogP contribution in [0.3, 0.4) is 0 Å². The summed E-state index contributed by atoms with van der Waals surface area (Å²) >= 11 is 0. The first-order valence-electron chi connectivity index (χ1n) is 12.6. The summed E-state index contributed by atoms with van der Waals surface area (Å²) in [5.41, 5.74) is 0.221. The van der Waals surface area contributed by atoms with Crippen molar-refractivity contribution in [1.82, 2.24) is 10.2 Å². The van der Waals surface area contributed by atoms with Crippen LogP contribution in [0.25, 0.3) is 0 Å². The molecular formula is C27H31F3N4O6. The first-order chi connectivity index (χ1) is 19.1. The third-order valence-corrected chi connectivity index (χ3v) is 6.78. The summed E-state index contributed by atoms with van der Waals surface area (Å²) in [5.74, 6) is -1.31. The van der Waals surface area contributed by atoms with Crippen molar-refractivity contribution in [3.63, 3.8) is 0 Å². The summed E-state index contributed by atoms with van der Waals surface area (Å²) in [4.78, 5) is 34.6. The zero-order chi connectivity index (χ0) is 29.0. The summed E-state index contributed by atoms with van der Waals surface area (Å²) in [7, 11) is 4.37. The number of hydrogen-bond acceptors (Lipinski definition) is 9. The number of piperazine rings is 1. The maximum Gasteiger partial charge on any atom is 0.416 e. The normalized spacial score (nSPS) is 19.5. The first kappa shape index (κ1) is 28.8. The molecule has 1 amide bonds. The lowest BCUT2D eigenvalue weighted by molar-refractivity contribution is -0.153. The van der Waals surface area contributed by atoms with Crippen molar-refractivity contribution in [3.05, 3.63) is 47.5 Å². The monoisotopic (exact) mass is 564 g/mol. The minimum atomic E-state index is -4.43. The number of carbonyl (C=O) groups excluding carboxylic acids is 2. The van der Waals surface area contributed by atoms with Crippen molar-refractivity contribution < 1.29 is 41.7 Å². The largest absolute Gasteiger partial charge is 0.493 e. The Morgan fingerprint density at radius 3 is 2.17 bits per heavy atom. The maximum absolute atomic E-state index is 13.3. The number of benzene rings is 2. The van der Waals surface area contributed by atoms with Crippen molar-refractivity contribution in [2.45, 2.75) is 19.1 Å². The fraction of sp³-hybridized carbons (Fsp3) is 0.444. The van der Waals surface area contributed by atoms with Crippen LogP contribution in [0.1, 0.15) is 24.1 Å². The van der Waals surface area contributed by atoms with E-state index < -0.39 is 35.6 Å². The van der Waals surface area contributed by atoms with Crippen molar-refractivity contribution in [2.75, 3.05) is 59.0 Å². The molecule has 40 heavy (non-hydrogen) atoms. The number of anilines is 1. The number of esters is 1. The summed E-state index contributed by atoms with van der Waals surface area (Å²) in [5, 5.41) is 2.72. The Bertz CT molecular complexity index is 1250. The zero-order valence-corrected chi connectivity index (χ0v) is 22.6. The lowest BCUT2D eigenvalue weighted by Gasteiger charge is -2.40. The Morgan fingerprint density at radius 2 is 1.62 bits per heavy atom. The molecule has 2 heterocycles. The van der Waals surface area contributed by atoms with Crippen LogP contribution in [-0.4, -0.2) is 76.9 Å². The number of nitrogens with zero attached hydrogens (tertiary/aromatic N) is 3. The highest BCUT2D eigenvalue weighted by molar-refractivity contribution is 6.08. The highest BCUT2D eigenvalue weighted by Gasteiger charge is 2.43. The van der Waals surface area contributed by atoms with Gasteiger partial charge in [0.15, 0.2) is 17.4 Å². The Kier molecular flexibility index (Phi) is 8.60. The summed E-state index contributed by atoms with van der Waals surface area (Å²) in [6, 6.07) is 7.48. The van der Waals surface area contributed by atoms with Crippen LogP contribution < -0.4 is 24.4 Å². The minimum Gasteiger partial charge on any atom is -0.493 e. The van der Waals surface area contributed by atoms with Gasteiger partial charge < -0.3 is 28.7 Å². The van der Waals surface area contributed by atoms with Gasteiger partial charge in [-0.25, -0.2) is 4.99 Å². The molecule has 13 heteroatoms. The van der Waals surface area contributed by atoms with Crippen LogP contribution in [0.5, 0.6) is 17.2 Å². The standard InChI is InChI=1S/C27H31F3N4O6/c1-5-40-25(36)21-22(16-13-19(37-2)23(39-4)20(14-16)38-3)31-26(32-24(21)35)34-11-9-33(10-12-34)18-8-6-7-17(15-18)27(28,29)30/h6-8,13-15,21-22H,5,9-12H2,1-4H3,(H,31,32,35)/t21-,22-/m0/s1. The number of amides is 1. The number of halogens is 3. The molecule has 10 nitrogen and oxygen atoms in total. The van der Waals surface area contributed by atoms with Crippen LogP contribution >= 0.6 is 0 Å². The van der Waals surface area contributed by atoms with Gasteiger partial charge >= 0.3 is 12.1 Å². The smallest absolute Gasteiger partial charge is 0.416 e. The van der Waals surface area contributed by atoms with Crippen LogP contribution in [0.4, 0.5) is 18.9 Å². The molecule has 0 radical (unpaired) electrons. The van der Waals surface area contributed by atoms with Crippen molar-refractivity contribution in [2.24, 2.45) is 10.9 Å². The maximum atomic E-state index is 13.3. The van der Waals surface area contributed by atoms with Gasteiger partial charge in [0.25, 0.3) is 0 Å². The summed E-state index contributed by atoms with van der Waals surface area (Å²) < 4.78 is 61.0. The number of ether oxygens (including phenoxy) is 4. The number of alkyl halides is 3. The summed E-state index contributed by atoms with van der Waals surface area (Å²) in [6.45, 7) is 3.27. The molecular weight excluding hydrogens is 533 g/mol. The fourth-order valence-electron chi connectivity index (χ4n) is 4.79. The van der Waals surface area contributed by atoms with E-state index in [-0.39, 0.29) is 12.6 Å². The van der Waals surface area contributed by atoms with Crippen molar-refractivity contribution in [1.29, 1.82) is 0 Å². The third kappa shape index (κ3) is 5.87. The lowest BCUT2D eigenvalue weighted by atomic mass is 9.90. The molecule has 0 spiro atoms. The van der Waals surface area contributed by atoms with E-state index in [4.69, 9.17) is 23.9 Å². The molecule has 2 aliphatic rings. The Balaban J connectivity index is 1.63. The minimum absolute atomic E-state index is 0.0820. The quantitative estimate of drug-likeness (QED) is 0.404. The number of aliphatic imine (C=N–C) groups is 1. The van der Waals surface area contributed by atoms with Gasteiger partial charge in [0.2, 0.25) is 17.6 Å². The molecule has 2 aromatic rings. The fourth-order valence-corrected chi connectivity index (χ4v) is 4.79. The van der Waals surface area contributed by atoms with E-state index in [2.05, 4.69) is 5.32 Å². The average Bonchev–Trinajstić information content (AvgIpc) is 2.95. The number of nitrogens with one attached hydrogen (secondary N) is 1. The van der Waals surface area contributed by atoms with Gasteiger partial charge in [0.1, 0.15) is 6.04 Å². The van der Waals surface area contributed by atoms with Crippen LogP contribution in [0.2, 0.25) is 0 Å². The SMILES string of the molecule is CCOC(=O)[C@@H]1C(=O)NC(N2CCN(c3cccc(C(F)(F)F)c3)CC2)=N[C@H]1c1cc(OC)c(OC)c(OC)c1. The second-order valence-corrected chi connectivity index (χ2v) is 9.10. The van der Waals surface area contributed by atoms with E-state index in [1.54, 1.807) is 25.1 Å². The van der Waals surface area contributed by atoms with E-state index in [9.17, 15) is 22.8 Å². The van der Waals surface area contributed by atoms with E-state index in [1.807, 2.05) is 9.80 Å². The van der Waals surface area contributed by atoms with E-state index >= 15 is 0 Å². The second-order valence-electron chi connectivity index (χ2n) is 9.10. The molecule has 1 saturated heterocycles. The van der Waals surface area contributed by atoms with E-state index in [1.165, 1.54) is 27.4 Å². The Morgan fingerprint density at radius 1 is 1.00 bits per heavy atom. The van der Waals surface area contributed by atoms with Gasteiger partial charge in [-0.3, -0.25) is 14.9 Å². The predicted octanol–water partition coefficient (Wildman–Crippen LogP) is 3.26. The molecule has 0 aliphatic carbocycles. The van der Waals surface area contributed by atoms with Gasteiger partial charge in [-0.15, -0.1) is 0 Å². The zero-order valence-electron chi connectivity index (χ0n) is 22.6. The number of methoxy groups -OCH3 is 3. The van der Waals surface area contributed by atoms with E-state index in [0.29, 0.717) is 54.7 Å². The summed E-state index contributed by atoms with van der Waals surface area (Å²) in [6.07, 6.45) is -4.43. The van der Waals surface area contributed by atoms with Gasteiger partial charge in [-0.05, 0) is 42.8 Å². The average molecular weight is 565 g/mol. The second kappa shape index (κ2) is 11.9. The van der Waals surface area contributed by atoms with Gasteiger partial charge in [-0.1, -0.05) is 6.07 Å². The molecule has 0 bridgehead atoms. The first-order valence-corrected chi connectivity index (χ1v) is 12.6. The Labute approximate surface area is 229 Å². The molecule has 1 N–H and O–H groups in total. The van der Waals surface area contributed by atoms with Crippen LogP contribution in [0, 0.1) is 5.92 Å². The molecule has 1 fully saturated rings. The molecule has 216 valence electrons. The number of carbonyl (C=O) groups is 2. The van der Waals surface area contributed by atoms with E-state index in [0.717, 1.165) is 12.1 Å². The van der Waals surface area contributed by atoms with Crippen LogP contribution in [-0.2, 0) is 20.5 Å². The molecule has 0 unspecified atom stereocenters. The molecule has 4 rings (SSSR count). The molecule has 2 aliphatic heterocycles. The number of guanidine groups is 1. The number of rotatable bonds is 7. The predicted molar refractivity (Wildman–Crippen MR) is 140 cm³/mol. The number of hydrogen-bond donors (Lipinski definition) is 1. The topological polar surface area (TPSA) is 102 Å². The highest BCUT2D eigenvalue weighted by atomic mass is 19.4. The highest BCUT2D eigenvalue weighted by Crippen LogP contribution is 2.42. The van der Waals surface area contributed by atoms with Crippen molar-refractivity contribution in [3.8, 4) is 17.2 Å². The van der Waals surface area contributed by atoms with Gasteiger partial charge in [-0.2, -0.15) is 13.2 Å². The lowest BCUT2D eigenvalue weighted by Crippen LogP contribution is -2.57. The molecule has 0 saturated carbocycles. The Hall–Kier alpha value is -4.16. The van der Waals surface area contributed by atoms with Crippen molar-refractivity contribution >= 4 is 23.5 Å². The van der Waals surface area contributed by atoms with Crippen LogP contribution in [0.15, 0.2) is 41.4 Å². The van der Waals surface area contributed by atoms with Gasteiger partial charge in [0.05, 0.1) is 33.5 Å². The van der Waals surface area contributed by atoms with Gasteiger partial charge in [0, 0.05) is 31.9 Å². The third-order valence-electron chi connectivity index (χ3n) is 6.78.